The first-order chi connectivity index (χ1) is 27.9. The number of hydrogen-bond acceptors (Lipinski definition) is 8. The number of fused-ring (bicyclic) bond motifs is 4. The zero-order valence-corrected chi connectivity index (χ0v) is 32.4. The van der Waals surface area contributed by atoms with E-state index in [9.17, 15) is 14.4 Å². The average molecular weight is 772 g/mol. The van der Waals surface area contributed by atoms with E-state index in [1.165, 1.54) is 7.11 Å². The van der Waals surface area contributed by atoms with Gasteiger partial charge < -0.3 is 39.3 Å². The molecule has 8 rings (SSSR count). The number of H-pyrrole nitrogens is 2. The van der Waals surface area contributed by atoms with Crippen LogP contribution >= 0.6 is 0 Å². The summed E-state index contributed by atoms with van der Waals surface area (Å²) in [7, 11) is 2.88. The van der Waals surface area contributed by atoms with Crippen LogP contribution in [0.25, 0.3) is 33.6 Å². The number of nitrogens with zero attached hydrogens (tertiary/aromatic N) is 4. The van der Waals surface area contributed by atoms with Gasteiger partial charge in [0.2, 0.25) is 5.91 Å². The number of aromatic nitrogens is 4. The molecule has 3 aliphatic rings. The van der Waals surface area contributed by atoms with E-state index in [-0.39, 0.29) is 23.9 Å². The molecule has 4 atom stereocenters. The number of carbonyl (C=O) groups excluding carboxylic acids is 3. The van der Waals surface area contributed by atoms with Gasteiger partial charge in [0, 0.05) is 32.4 Å². The Bertz CT molecular complexity index is 2170. The van der Waals surface area contributed by atoms with Crippen molar-refractivity contribution in [1.82, 2.24) is 35.1 Å². The first-order valence-corrected chi connectivity index (χ1v) is 19.9. The van der Waals surface area contributed by atoms with E-state index in [2.05, 4.69) is 63.8 Å². The number of methoxy groups -OCH3 is 2. The second kappa shape index (κ2) is 17.1. The number of imidazole rings is 2. The molecule has 3 amide bonds. The van der Waals surface area contributed by atoms with Crippen molar-refractivity contribution < 1.29 is 28.6 Å². The van der Waals surface area contributed by atoms with Crippen molar-refractivity contribution in [3.05, 3.63) is 108 Å². The Balaban J connectivity index is 0.970. The van der Waals surface area contributed by atoms with Crippen molar-refractivity contribution in [2.75, 3.05) is 33.9 Å². The van der Waals surface area contributed by atoms with Crippen LogP contribution in [0.5, 0.6) is 0 Å². The summed E-state index contributed by atoms with van der Waals surface area (Å²) < 4.78 is 16.6. The molecule has 5 heterocycles. The third-order valence-corrected chi connectivity index (χ3v) is 11.4. The molecule has 2 bridgehead atoms. The minimum absolute atomic E-state index is 0.0518. The minimum atomic E-state index is -0.666. The molecular weight excluding hydrogens is 723 g/mol. The zero-order chi connectivity index (χ0) is 39.3. The molecule has 57 heavy (non-hydrogen) atoms. The second-order valence-electron chi connectivity index (χ2n) is 14.9. The number of hydrogen-bond donors (Lipinski definition) is 3. The molecule has 13 nitrogen and oxygen atoms in total. The number of ether oxygens (including phenoxy) is 3. The normalized spacial score (nSPS) is 20.6. The number of rotatable bonds is 8. The number of carbonyl (C=O) groups is 3. The van der Waals surface area contributed by atoms with Gasteiger partial charge in [0.15, 0.2) is 6.10 Å². The molecule has 5 aromatic rings. The van der Waals surface area contributed by atoms with Crippen molar-refractivity contribution in [1.29, 1.82) is 0 Å². The highest BCUT2D eigenvalue weighted by Crippen LogP contribution is 2.37. The van der Waals surface area contributed by atoms with Crippen LogP contribution in [-0.2, 0) is 30.4 Å². The van der Waals surface area contributed by atoms with Gasteiger partial charge in [0.05, 0.1) is 49.1 Å². The topological polar surface area (TPSA) is 155 Å². The predicted octanol–water partition coefficient (Wildman–Crippen LogP) is 7.27. The second-order valence-corrected chi connectivity index (χ2v) is 14.9. The number of nitrogens with one attached hydrogen (secondary N) is 3. The van der Waals surface area contributed by atoms with E-state index in [4.69, 9.17) is 24.2 Å². The zero-order valence-electron chi connectivity index (χ0n) is 32.4. The maximum Gasteiger partial charge on any atom is 0.407 e. The van der Waals surface area contributed by atoms with Crippen molar-refractivity contribution in [3.63, 3.8) is 0 Å². The molecule has 2 saturated heterocycles. The number of alkyl carbamates (subject to hydrolysis) is 1. The fourth-order valence-electron chi connectivity index (χ4n) is 8.42. The van der Waals surface area contributed by atoms with Crippen LogP contribution in [0.4, 0.5) is 4.79 Å². The van der Waals surface area contributed by atoms with Gasteiger partial charge in [-0.15, -0.1) is 0 Å². The molecule has 3 aromatic carbocycles. The Morgan fingerprint density at radius 1 is 0.807 bits per heavy atom. The Morgan fingerprint density at radius 3 is 2.25 bits per heavy atom. The van der Waals surface area contributed by atoms with Crippen LogP contribution in [0.15, 0.2) is 85.1 Å². The molecule has 0 radical (unpaired) electrons. The van der Waals surface area contributed by atoms with Crippen molar-refractivity contribution >= 4 is 17.9 Å². The fraction of sp³-hybridized carbons (Fsp3) is 0.386. The van der Waals surface area contributed by atoms with E-state index < -0.39 is 18.2 Å². The van der Waals surface area contributed by atoms with Crippen LogP contribution in [0, 0.1) is 0 Å². The summed E-state index contributed by atoms with van der Waals surface area (Å²) in [4.78, 5) is 60.0. The molecular formula is C44H49N7O6. The van der Waals surface area contributed by atoms with Crippen LogP contribution < -0.4 is 5.32 Å². The monoisotopic (exact) mass is 771 g/mol. The van der Waals surface area contributed by atoms with Crippen LogP contribution in [0.3, 0.4) is 0 Å². The smallest absolute Gasteiger partial charge is 0.407 e. The molecule has 0 aliphatic carbocycles. The summed E-state index contributed by atoms with van der Waals surface area (Å²) in [6.45, 7) is 2.16. The summed E-state index contributed by atoms with van der Waals surface area (Å²) in [5.74, 6) is 1.34. The van der Waals surface area contributed by atoms with Gasteiger partial charge in [0.1, 0.15) is 17.7 Å². The molecule has 0 spiro atoms. The van der Waals surface area contributed by atoms with Gasteiger partial charge in [-0.2, -0.15) is 0 Å². The lowest BCUT2D eigenvalue weighted by Crippen LogP contribution is -2.48. The molecule has 2 aromatic heterocycles. The summed E-state index contributed by atoms with van der Waals surface area (Å²) in [6, 6.07) is 25.3. The van der Waals surface area contributed by atoms with Gasteiger partial charge in [-0.3, -0.25) is 9.59 Å². The van der Waals surface area contributed by atoms with Gasteiger partial charge in [-0.1, -0.05) is 78.9 Å². The van der Waals surface area contributed by atoms with Crippen molar-refractivity contribution in [2.24, 2.45) is 0 Å². The van der Waals surface area contributed by atoms with E-state index in [1.807, 2.05) is 46.3 Å². The summed E-state index contributed by atoms with van der Waals surface area (Å²) in [5, 5.41) is 2.75. The average Bonchev–Trinajstić information content (AvgIpc) is 4.09. The first-order valence-electron chi connectivity index (χ1n) is 19.9. The SMILES string of the molecule is COC(=O)N[C@H]1CCCCOCc2[nH]c(nc2-c2ccc(-c3ccc(-c4cnc([C@@H]5CCCN5C(=O)[C@H](OC)c5ccccc5)[nH]4)cc3)cc2)[C@@H]2CCCN2C1=O. The Morgan fingerprint density at radius 2 is 1.51 bits per heavy atom. The number of benzene rings is 3. The molecule has 2 fully saturated rings. The fourth-order valence-corrected chi connectivity index (χ4v) is 8.42. The number of amides is 3. The Hall–Kier alpha value is -5.79. The van der Waals surface area contributed by atoms with Gasteiger partial charge in [-0.25, -0.2) is 14.8 Å². The van der Waals surface area contributed by atoms with E-state index >= 15 is 0 Å². The molecule has 0 saturated carbocycles. The summed E-state index contributed by atoms with van der Waals surface area (Å²) in [6.07, 6.45) is 5.95. The van der Waals surface area contributed by atoms with Crippen LogP contribution in [0.1, 0.15) is 86.0 Å². The van der Waals surface area contributed by atoms with Gasteiger partial charge in [-0.05, 0) is 67.2 Å². The van der Waals surface area contributed by atoms with Gasteiger partial charge in [0.25, 0.3) is 5.91 Å². The lowest BCUT2D eigenvalue weighted by atomic mass is 10.0. The standard InChI is InChI=1S/C44H49N7O6/c1-55-39(32-10-4-3-5-11-32)43(53)51-24-8-13-36(51)40-45-26-34(46-40)30-19-15-28(16-20-30)29-17-21-31(22-18-29)38-35-27-57-25-7-6-12-33(48-44(54)56-2)42(52)50-23-9-14-37(50)41(47-35)49-38/h3-5,10-11,15-22,26,33,36-37,39H,6-9,12-14,23-25,27H2,1-2H3,(H,45,46)(H,47,49)(H,48,54)/t33-,36-,37-,39+/m0/s1. The number of aromatic amines is 2. The maximum absolute atomic E-state index is 13.7. The molecule has 296 valence electrons. The minimum Gasteiger partial charge on any atom is -0.453 e. The Kier molecular flexibility index (Phi) is 11.5. The largest absolute Gasteiger partial charge is 0.453 e. The van der Waals surface area contributed by atoms with E-state index in [1.54, 1.807) is 7.11 Å². The molecule has 0 unspecified atom stereocenters. The Labute approximate surface area is 332 Å². The molecule has 3 N–H and O–H groups in total. The lowest BCUT2D eigenvalue weighted by Gasteiger charge is -2.28. The summed E-state index contributed by atoms with van der Waals surface area (Å²) in [5.41, 5.74) is 7.51. The van der Waals surface area contributed by atoms with Crippen molar-refractivity contribution in [2.45, 2.75) is 75.8 Å². The number of likely N-dealkylation sites (tertiary alicyclic amines) is 1. The third kappa shape index (κ3) is 8.08. The highest BCUT2D eigenvalue weighted by atomic mass is 16.5. The third-order valence-electron chi connectivity index (χ3n) is 11.4. The summed E-state index contributed by atoms with van der Waals surface area (Å²) >= 11 is 0. The molecule has 3 aliphatic heterocycles. The van der Waals surface area contributed by atoms with Gasteiger partial charge >= 0.3 is 6.09 Å². The maximum atomic E-state index is 13.7. The van der Waals surface area contributed by atoms with Crippen LogP contribution in [-0.4, -0.2) is 87.6 Å². The van der Waals surface area contributed by atoms with Crippen LogP contribution in [0.2, 0.25) is 0 Å². The van der Waals surface area contributed by atoms with Crippen molar-refractivity contribution in [3.8, 4) is 33.6 Å². The molecule has 13 heteroatoms. The van der Waals surface area contributed by atoms with E-state index in [0.29, 0.717) is 32.7 Å². The highest BCUT2D eigenvalue weighted by Gasteiger charge is 2.38. The first kappa shape index (κ1) is 38.1. The lowest BCUT2D eigenvalue weighted by molar-refractivity contribution is -0.143. The quantitative estimate of drug-likeness (QED) is 0.149. The highest BCUT2D eigenvalue weighted by molar-refractivity contribution is 5.86. The van der Waals surface area contributed by atoms with E-state index in [0.717, 1.165) is 95.1 Å². The predicted molar refractivity (Wildman–Crippen MR) is 213 cm³/mol.